The molecule has 0 heterocycles. The molecule has 3 heteroatoms. The van der Waals surface area contributed by atoms with Crippen molar-refractivity contribution in [2.45, 2.75) is 32.4 Å². The molecule has 0 aliphatic heterocycles. The predicted octanol–water partition coefficient (Wildman–Crippen LogP) is 2.42. The lowest BCUT2D eigenvalue weighted by atomic mass is 10.0. The minimum atomic E-state index is -0.627. The first-order chi connectivity index (χ1) is 6.56. The third-order valence-electron chi connectivity index (χ3n) is 2.41. The van der Waals surface area contributed by atoms with Crippen LogP contribution in [0.1, 0.15) is 30.6 Å². The second kappa shape index (κ2) is 4.78. The van der Waals surface area contributed by atoms with E-state index in [1.807, 2.05) is 26.0 Å². The number of benzene rings is 1. The van der Waals surface area contributed by atoms with Crippen LogP contribution in [0.15, 0.2) is 18.2 Å². The lowest BCUT2D eigenvalue weighted by Gasteiger charge is -2.17. The summed E-state index contributed by atoms with van der Waals surface area (Å²) >= 11 is 5.95. The zero-order valence-electron chi connectivity index (χ0n) is 8.50. The van der Waals surface area contributed by atoms with E-state index >= 15 is 0 Å². The van der Waals surface area contributed by atoms with Crippen LogP contribution in [0.3, 0.4) is 0 Å². The molecule has 3 N–H and O–H groups in total. The normalized spacial score (nSPS) is 15.2. The summed E-state index contributed by atoms with van der Waals surface area (Å²) in [6.45, 7) is 3.88. The average molecular weight is 214 g/mol. The Morgan fingerprint density at radius 1 is 1.50 bits per heavy atom. The van der Waals surface area contributed by atoms with Crippen molar-refractivity contribution in [1.29, 1.82) is 0 Å². The second-order valence-electron chi connectivity index (χ2n) is 3.53. The van der Waals surface area contributed by atoms with Gasteiger partial charge in [0.15, 0.2) is 0 Å². The Morgan fingerprint density at radius 2 is 2.14 bits per heavy atom. The van der Waals surface area contributed by atoms with E-state index in [0.29, 0.717) is 5.02 Å². The molecule has 0 amide bonds. The zero-order valence-corrected chi connectivity index (χ0v) is 9.25. The Balaban J connectivity index is 2.91. The molecule has 2 atom stereocenters. The third kappa shape index (κ3) is 2.47. The highest BCUT2D eigenvalue weighted by Crippen LogP contribution is 2.23. The Bertz CT molecular complexity index is 314. The molecule has 14 heavy (non-hydrogen) atoms. The fourth-order valence-corrected chi connectivity index (χ4v) is 1.45. The van der Waals surface area contributed by atoms with Crippen LogP contribution in [0.25, 0.3) is 0 Å². The molecule has 1 aromatic rings. The molecule has 0 spiro atoms. The molecule has 0 radical (unpaired) electrons. The van der Waals surface area contributed by atoms with Gasteiger partial charge in [-0.2, -0.15) is 0 Å². The molecular weight excluding hydrogens is 198 g/mol. The van der Waals surface area contributed by atoms with Crippen LogP contribution < -0.4 is 5.73 Å². The molecule has 0 aliphatic rings. The van der Waals surface area contributed by atoms with Crippen LogP contribution in [0.2, 0.25) is 5.02 Å². The molecular formula is C11H16ClNO. The topological polar surface area (TPSA) is 46.2 Å². The predicted molar refractivity (Wildman–Crippen MR) is 59.4 cm³/mol. The van der Waals surface area contributed by atoms with Gasteiger partial charge in [0.1, 0.15) is 0 Å². The van der Waals surface area contributed by atoms with Crippen molar-refractivity contribution in [3.05, 3.63) is 34.3 Å². The van der Waals surface area contributed by atoms with Gasteiger partial charge in [-0.3, -0.25) is 0 Å². The van der Waals surface area contributed by atoms with E-state index in [4.69, 9.17) is 17.3 Å². The Kier molecular flexibility index (Phi) is 3.93. The molecule has 2 nitrogen and oxygen atoms in total. The molecule has 0 unspecified atom stereocenters. The van der Waals surface area contributed by atoms with Crippen molar-refractivity contribution in [3.63, 3.8) is 0 Å². The summed E-state index contributed by atoms with van der Waals surface area (Å²) in [6, 6.07) is 5.30. The van der Waals surface area contributed by atoms with Crippen LogP contribution in [0.5, 0.6) is 0 Å². The number of aliphatic hydroxyl groups is 1. The van der Waals surface area contributed by atoms with Crippen molar-refractivity contribution < 1.29 is 5.11 Å². The summed E-state index contributed by atoms with van der Waals surface area (Å²) in [5.74, 6) is 0. The van der Waals surface area contributed by atoms with Gasteiger partial charge in [0.05, 0.1) is 6.10 Å². The molecule has 0 bridgehead atoms. The smallest absolute Gasteiger partial charge is 0.0941 e. The summed E-state index contributed by atoms with van der Waals surface area (Å²) < 4.78 is 0. The van der Waals surface area contributed by atoms with E-state index in [1.165, 1.54) is 0 Å². The lowest BCUT2D eigenvalue weighted by molar-refractivity contribution is 0.144. The summed E-state index contributed by atoms with van der Waals surface area (Å²) in [5.41, 5.74) is 7.54. The minimum Gasteiger partial charge on any atom is -0.387 e. The number of aryl methyl sites for hydroxylation is 1. The highest BCUT2D eigenvalue weighted by molar-refractivity contribution is 6.31. The van der Waals surface area contributed by atoms with Crippen molar-refractivity contribution >= 4 is 11.6 Å². The van der Waals surface area contributed by atoms with E-state index in [-0.39, 0.29) is 6.04 Å². The van der Waals surface area contributed by atoms with Crippen LogP contribution in [0, 0.1) is 6.92 Å². The zero-order chi connectivity index (χ0) is 10.7. The summed E-state index contributed by atoms with van der Waals surface area (Å²) in [6.07, 6.45) is 0.116. The molecule has 78 valence electrons. The van der Waals surface area contributed by atoms with Gasteiger partial charge in [0.25, 0.3) is 0 Å². The van der Waals surface area contributed by atoms with Crippen LogP contribution >= 0.6 is 11.6 Å². The highest BCUT2D eigenvalue weighted by atomic mass is 35.5. The Labute approximate surface area is 89.7 Å². The SMILES string of the molecule is CC[C@H](N)[C@H](O)c1ccc(C)c(Cl)c1. The Morgan fingerprint density at radius 3 is 2.64 bits per heavy atom. The number of aliphatic hydroxyl groups excluding tert-OH is 1. The number of halogens is 1. The number of rotatable bonds is 3. The highest BCUT2D eigenvalue weighted by Gasteiger charge is 2.15. The number of nitrogens with two attached hydrogens (primary N) is 1. The maximum atomic E-state index is 9.82. The van der Waals surface area contributed by atoms with E-state index in [9.17, 15) is 5.11 Å². The summed E-state index contributed by atoms with van der Waals surface area (Å²) in [5, 5.41) is 10.5. The van der Waals surface area contributed by atoms with E-state index < -0.39 is 6.10 Å². The monoisotopic (exact) mass is 213 g/mol. The van der Waals surface area contributed by atoms with Crippen LogP contribution in [-0.2, 0) is 0 Å². The van der Waals surface area contributed by atoms with Crippen molar-refractivity contribution in [3.8, 4) is 0 Å². The van der Waals surface area contributed by atoms with Crippen molar-refractivity contribution in [2.75, 3.05) is 0 Å². The van der Waals surface area contributed by atoms with E-state index in [2.05, 4.69) is 0 Å². The third-order valence-corrected chi connectivity index (χ3v) is 2.82. The van der Waals surface area contributed by atoms with Gasteiger partial charge in [-0.05, 0) is 30.5 Å². The first-order valence-electron chi connectivity index (χ1n) is 4.76. The maximum Gasteiger partial charge on any atom is 0.0941 e. The average Bonchev–Trinajstić information content (AvgIpc) is 2.20. The van der Waals surface area contributed by atoms with Gasteiger partial charge in [0, 0.05) is 11.1 Å². The quantitative estimate of drug-likeness (QED) is 0.810. The number of hydrogen-bond donors (Lipinski definition) is 2. The van der Waals surface area contributed by atoms with Gasteiger partial charge in [-0.15, -0.1) is 0 Å². The summed E-state index contributed by atoms with van der Waals surface area (Å²) in [4.78, 5) is 0. The molecule has 0 saturated carbocycles. The van der Waals surface area contributed by atoms with Crippen LogP contribution in [0.4, 0.5) is 0 Å². The van der Waals surface area contributed by atoms with Crippen molar-refractivity contribution in [1.82, 2.24) is 0 Å². The minimum absolute atomic E-state index is 0.228. The fourth-order valence-electron chi connectivity index (χ4n) is 1.26. The number of hydrogen-bond acceptors (Lipinski definition) is 2. The largest absolute Gasteiger partial charge is 0.387 e. The second-order valence-corrected chi connectivity index (χ2v) is 3.93. The van der Waals surface area contributed by atoms with E-state index in [1.54, 1.807) is 6.07 Å². The van der Waals surface area contributed by atoms with Gasteiger partial charge in [-0.25, -0.2) is 0 Å². The maximum absolute atomic E-state index is 9.82. The van der Waals surface area contributed by atoms with Gasteiger partial charge in [0.2, 0.25) is 0 Å². The fraction of sp³-hybridized carbons (Fsp3) is 0.455. The first-order valence-corrected chi connectivity index (χ1v) is 5.13. The molecule has 0 saturated heterocycles. The molecule has 0 aliphatic carbocycles. The molecule has 1 aromatic carbocycles. The standard InChI is InChI=1S/C11H16ClNO/c1-3-10(13)11(14)8-5-4-7(2)9(12)6-8/h4-6,10-11,14H,3,13H2,1-2H3/t10-,11+/m0/s1. The van der Waals surface area contributed by atoms with Gasteiger partial charge >= 0.3 is 0 Å². The molecule has 1 rings (SSSR count). The van der Waals surface area contributed by atoms with Gasteiger partial charge < -0.3 is 10.8 Å². The van der Waals surface area contributed by atoms with E-state index in [0.717, 1.165) is 17.5 Å². The lowest BCUT2D eigenvalue weighted by Crippen LogP contribution is -2.27. The summed E-state index contributed by atoms with van der Waals surface area (Å²) in [7, 11) is 0. The van der Waals surface area contributed by atoms with Crippen LogP contribution in [-0.4, -0.2) is 11.1 Å². The van der Waals surface area contributed by atoms with Gasteiger partial charge in [-0.1, -0.05) is 30.7 Å². The molecule has 0 aromatic heterocycles. The van der Waals surface area contributed by atoms with Crippen molar-refractivity contribution in [2.24, 2.45) is 5.73 Å². The molecule has 0 fully saturated rings. The Hall–Kier alpha value is -0.570. The first kappa shape index (κ1) is 11.5.